The number of nitrogens with one attached hydrogen (secondary N) is 4. The minimum atomic E-state index is -2.45. The minimum Gasteiger partial charge on any atom is -0.491 e. The Kier molecular flexibility index (Phi) is 24.6. The van der Waals surface area contributed by atoms with Gasteiger partial charge in [0.15, 0.2) is 0 Å². The zero-order valence-corrected chi connectivity index (χ0v) is 40.6. The fraction of sp³-hybridized carbons (Fsp3) is 0.580. The van der Waals surface area contributed by atoms with Crippen molar-refractivity contribution >= 4 is 8.80 Å². The second-order valence-electron chi connectivity index (χ2n) is 17.1. The molecule has 6 rings (SSSR count). The number of pyridine rings is 3. The van der Waals surface area contributed by atoms with Crippen molar-refractivity contribution in [1.29, 1.82) is 0 Å². The van der Waals surface area contributed by atoms with Gasteiger partial charge in [0.2, 0.25) is 0 Å². The van der Waals surface area contributed by atoms with Crippen LogP contribution < -0.4 is 31.7 Å². The Labute approximate surface area is 399 Å². The summed E-state index contributed by atoms with van der Waals surface area (Å²) < 4.78 is 35.3. The van der Waals surface area contributed by atoms with E-state index in [4.69, 9.17) is 38.2 Å². The highest BCUT2D eigenvalue weighted by Crippen LogP contribution is 2.33. The molecule has 2 fully saturated rings. The molecule has 2 aliphatic rings. The molecule has 0 radical (unpaired) electrons. The van der Waals surface area contributed by atoms with Gasteiger partial charge in [0, 0.05) is 90.5 Å². The van der Waals surface area contributed by atoms with Crippen LogP contribution in [0.1, 0.15) is 44.9 Å². The SMILES string of the molecule is NCCNCCNCCCCCCCCNCCN(CCNCCOCCOc1ccc(-c2cc(-c3ccccn3)nc(-c3ccccn3)c2)cc1)CC(O)COCCC[Si]12OCC(CO1)O2. The van der Waals surface area contributed by atoms with Crippen molar-refractivity contribution in [3.05, 3.63) is 85.2 Å². The minimum absolute atomic E-state index is 0.109. The second-order valence-corrected chi connectivity index (χ2v) is 19.8. The van der Waals surface area contributed by atoms with Gasteiger partial charge in [-0.3, -0.25) is 14.9 Å². The van der Waals surface area contributed by atoms with Crippen LogP contribution in [0.3, 0.4) is 0 Å². The van der Waals surface area contributed by atoms with Crippen LogP contribution in [0.2, 0.25) is 6.04 Å². The van der Waals surface area contributed by atoms with Crippen LogP contribution in [0.15, 0.2) is 85.2 Å². The summed E-state index contributed by atoms with van der Waals surface area (Å²) in [4.78, 5) is 16.3. The van der Waals surface area contributed by atoms with E-state index in [9.17, 15) is 5.11 Å². The molecule has 4 aromatic rings. The van der Waals surface area contributed by atoms with Gasteiger partial charge in [-0.05, 0) is 92.0 Å². The average molecular weight is 944 g/mol. The van der Waals surface area contributed by atoms with Gasteiger partial charge in [0.05, 0.1) is 68.0 Å². The molecule has 1 aromatic carbocycles. The number of fused-ring (bicyclic) bond motifs is 2. The molecule has 2 aliphatic heterocycles. The second kappa shape index (κ2) is 31.4. The van der Waals surface area contributed by atoms with Crippen LogP contribution in [0.4, 0.5) is 0 Å². The maximum absolute atomic E-state index is 10.9. The first kappa shape index (κ1) is 52.6. The summed E-state index contributed by atoms with van der Waals surface area (Å²) >= 11 is 0. The number of rotatable bonds is 38. The third-order valence-electron chi connectivity index (χ3n) is 11.6. The summed E-state index contributed by atoms with van der Waals surface area (Å²) in [6.07, 6.45) is 11.4. The van der Waals surface area contributed by atoms with Crippen LogP contribution in [0, 0.1) is 0 Å². The molecule has 0 amide bonds. The quantitative estimate of drug-likeness (QED) is 0.0274. The van der Waals surface area contributed by atoms with Gasteiger partial charge in [0.1, 0.15) is 12.4 Å². The lowest BCUT2D eigenvalue weighted by Gasteiger charge is -2.25. The van der Waals surface area contributed by atoms with Gasteiger partial charge in [-0.15, -0.1) is 0 Å². The van der Waals surface area contributed by atoms with Crippen LogP contribution in [0.25, 0.3) is 33.9 Å². The van der Waals surface area contributed by atoms with Crippen LogP contribution in [-0.2, 0) is 22.8 Å². The summed E-state index contributed by atoms with van der Waals surface area (Å²) in [6.45, 7) is 13.9. The summed E-state index contributed by atoms with van der Waals surface area (Å²) in [5.41, 5.74) is 10.8. The van der Waals surface area contributed by atoms with Gasteiger partial charge in [-0.2, -0.15) is 0 Å². The van der Waals surface area contributed by atoms with Crippen molar-refractivity contribution in [2.24, 2.45) is 5.73 Å². The Hall–Kier alpha value is -3.79. The number of nitrogens with zero attached hydrogens (tertiary/aromatic N) is 4. The van der Waals surface area contributed by atoms with Crippen LogP contribution >= 0.6 is 0 Å². The monoisotopic (exact) mass is 944 g/mol. The number of unbranched alkanes of at least 4 members (excludes halogenated alkanes) is 5. The molecule has 1 unspecified atom stereocenters. The summed E-state index contributed by atoms with van der Waals surface area (Å²) in [5, 5.41) is 24.9. The van der Waals surface area contributed by atoms with Gasteiger partial charge in [0.25, 0.3) is 0 Å². The number of ether oxygens (including phenoxy) is 3. The number of nitrogens with two attached hydrogens (primary N) is 1. The average Bonchev–Trinajstić information content (AvgIpc) is 3.98. The number of aliphatic hydroxyl groups is 1. The zero-order valence-electron chi connectivity index (χ0n) is 39.6. The largest absolute Gasteiger partial charge is 0.501 e. The first-order valence-corrected chi connectivity index (χ1v) is 26.6. The lowest BCUT2D eigenvalue weighted by molar-refractivity contribution is 0.0163. The number of hydrogen-bond donors (Lipinski definition) is 6. The van der Waals surface area contributed by atoms with E-state index in [0.29, 0.717) is 59.3 Å². The molecule has 7 N–H and O–H groups in total. The van der Waals surface area contributed by atoms with E-state index in [1.54, 1.807) is 12.4 Å². The molecular formula is C50H77N9O7Si. The fourth-order valence-corrected chi connectivity index (χ4v) is 10.8. The Morgan fingerprint density at radius 2 is 1.27 bits per heavy atom. The normalized spacial score (nSPS) is 17.1. The first-order valence-electron chi connectivity index (χ1n) is 24.7. The van der Waals surface area contributed by atoms with E-state index in [0.717, 1.165) is 118 Å². The van der Waals surface area contributed by atoms with E-state index < -0.39 is 14.9 Å². The van der Waals surface area contributed by atoms with E-state index in [-0.39, 0.29) is 6.10 Å². The zero-order chi connectivity index (χ0) is 46.5. The predicted molar refractivity (Wildman–Crippen MR) is 266 cm³/mol. The summed E-state index contributed by atoms with van der Waals surface area (Å²) in [5.74, 6) is 0.783. The Morgan fingerprint density at radius 3 is 1.88 bits per heavy atom. The van der Waals surface area contributed by atoms with Gasteiger partial charge in [-0.25, -0.2) is 4.98 Å². The van der Waals surface area contributed by atoms with Crippen molar-refractivity contribution in [2.75, 3.05) is 125 Å². The molecule has 5 heterocycles. The fourth-order valence-electron chi connectivity index (χ4n) is 8.04. The number of aliphatic hydroxyl groups excluding tert-OH is 1. The van der Waals surface area contributed by atoms with Crippen LogP contribution in [-0.4, -0.2) is 171 Å². The van der Waals surface area contributed by atoms with Gasteiger partial charge in [-0.1, -0.05) is 49.9 Å². The molecule has 368 valence electrons. The van der Waals surface area contributed by atoms with Crippen molar-refractivity contribution in [2.45, 2.75) is 63.2 Å². The molecule has 2 saturated heterocycles. The van der Waals surface area contributed by atoms with E-state index in [2.05, 4.69) is 60.4 Å². The Morgan fingerprint density at radius 1 is 0.642 bits per heavy atom. The van der Waals surface area contributed by atoms with Crippen molar-refractivity contribution < 1.29 is 32.6 Å². The molecule has 0 aliphatic carbocycles. The topological polar surface area (TPSA) is 192 Å². The van der Waals surface area contributed by atoms with E-state index >= 15 is 0 Å². The number of benzene rings is 1. The van der Waals surface area contributed by atoms with E-state index in [1.807, 2.05) is 48.5 Å². The molecule has 67 heavy (non-hydrogen) atoms. The smallest absolute Gasteiger partial charge is 0.491 e. The maximum Gasteiger partial charge on any atom is 0.501 e. The molecular weight excluding hydrogens is 867 g/mol. The third-order valence-corrected chi connectivity index (χ3v) is 14.5. The molecule has 2 bridgehead atoms. The molecule has 17 heteroatoms. The summed E-state index contributed by atoms with van der Waals surface area (Å²) in [6, 6.07) is 24.6. The van der Waals surface area contributed by atoms with E-state index in [1.165, 1.54) is 38.5 Å². The molecule has 0 spiro atoms. The summed E-state index contributed by atoms with van der Waals surface area (Å²) in [7, 11) is -2.45. The van der Waals surface area contributed by atoms with Gasteiger partial charge >= 0.3 is 8.80 Å². The first-order chi connectivity index (χ1) is 33.1. The molecule has 3 aromatic heterocycles. The third kappa shape index (κ3) is 20.0. The lowest BCUT2D eigenvalue weighted by atomic mass is 10.0. The Bertz CT molecular complexity index is 1830. The maximum atomic E-state index is 10.9. The highest BCUT2D eigenvalue weighted by molar-refractivity contribution is 6.61. The molecule has 16 nitrogen and oxygen atoms in total. The van der Waals surface area contributed by atoms with Gasteiger partial charge < -0.3 is 59.6 Å². The van der Waals surface area contributed by atoms with Crippen molar-refractivity contribution in [3.8, 4) is 39.7 Å². The highest BCUT2D eigenvalue weighted by Gasteiger charge is 2.54. The van der Waals surface area contributed by atoms with Crippen molar-refractivity contribution in [1.82, 2.24) is 41.1 Å². The standard InChI is InChI=1S/C50H77N9O7Si/c51-18-23-54-25-24-52-19-7-3-1-2-4-8-20-53-26-29-59(38-44(60)39-62-31-11-35-67-64-40-46(66-67)41-65-67)30-27-55-28-32-61-33-34-63-45-16-14-42(15-17-45)43-36-49(47-12-5-9-21-56-47)58-50(37-43)48-13-6-10-22-57-48/h5-6,9-10,12-17,21-22,36-37,44,46,52-55,60H,1-4,7-8,11,18-20,23-35,38-41,51H2. The number of aromatic nitrogens is 3. The lowest BCUT2D eigenvalue weighted by Crippen LogP contribution is -2.42. The highest BCUT2D eigenvalue weighted by atomic mass is 28.4. The Balaban J connectivity index is 0.834. The van der Waals surface area contributed by atoms with Crippen LogP contribution in [0.5, 0.6) is 5.75 Å². The molecule has 1 atom stereocenters. The number of hydrogen-bond acceptors (Lipinski definition) is 16. The van der Waals surface area contributed by atoms with Crippen molar-refractivity contribution in [3.63, 3.8) is 0 Å². The molecule has 0 saturated carbocycles. The predicted octanol–water partition coefficient (Wildman–Crippen LogP) is 4.38.